The number of carbonyl (C=O) groups excluding carboxylic acids is 2. The second kappa shape index (κ2) is 6.65. The van der Waals surface area contributed by atoms with Gasteiger partial charge in [0.1, 0.15) is 0 Å². The molecular formula is C19H20O4. The molecule has 2 aliphatic rings. The Morgan fingerprint density at radius 1 is 0.826 bits per heavy atom. The van der Waals surface area contributed by atoms with Crippen LogP contribution in [0.5, 0.6) is 0 Å². The van der Waals surface area contributed by atoms with E-state index in [4.69, 9.17) is 9.47 Å². The van der Waals surface area contributed by atoms with Crippen molar-refractivity contribution < 1.29 is 19.1 Å². The monoisotopic (exact) mass is 312 g/mol. The molecule has 0 aliphatic heterocycles. The van der Waals surface area contributed by atoms with E-state index >= 15 is 0 Å². The lowest BCUT2D eigenvalue weighted by molar-refractivity contribution is -0.138. The Kier molecular flexibility index (Phi) is 4.84. The molecular weight excluding hydrogens is 292 g/mol. The molecule has 0 heterocycles. The molecule has 0 atom stereocenters. The molecule has 4 nitrogen and oxygen atoms in total. The number of methoxy groups -OCH3 is 2. The van der Waals surface area contributed by atoms with Crippen LogP contribution in [-0.4, -0.2) is 26.2 Å². The van der Waals surface area contributed by atoms with Crippen molar-refractivity contribution in [3.05, 3.63) is 69.4 Å². The van der Waals surface area contributed by atoms with Crippen LogP contribution in [0.4, 0.5) is 0 Å². The van der Waals surface area contributed by atoms with Crippen molar-refractivity contribution in [2.45, 2.75) is 20.8 Å². The van der Waals surface area contributed by atoms with Crippen LogP contribution in [0, 0.1) is 0 Å². The van der Waals surface area contributed by atoms with Crippen molar-refractivity contribution >= 4 is 11.9 Å². The van der Waals surface area contributed by atoms with Crippen LogP contribution in [0.25, 0.3) is 0 Å². The molecule has 4 heteroatoms. The normalized spacial score (nSPS) is 17.5. The number of hydrogen-bond acceptors (Lipinski definition) is 4. The van der Waals surface area contributed by atoms with Gasteiger partial charge >= 0.3 is 11.9 Å². The molecule has 0 aromatic heterocycles. The van der Waals surface area contributed by atoms with Crippen LogP contribution in [0.3, 0.4) is 0 Å². The van der Waals surface area contributed by atoms with E-state index in [-0.39, 0.29) is 11.1 Å². The van der Waals surface area contributed by atoms with Crippen LogP contribution in [0.1, 0.15) is 20.8 Å². The zero-order valence-electron chi connectivity index (χ0n) is 14.0. The second-order valence-corrected chi connectivity index (χ2v) is 5.54. The highest BCUT2D eigenvalue weighted by atomic mass is 16.5. The van der Waals surface area contributed by atoms with E-state index in [2.05, 4.69) is 0 Å². The highest BCUT2D eigenvalue weighted by molar-refractivity contribution is 6.07. The van der Waals surface area contributed by atoms with Crippen molar-refractivity contribution in [1.29, 1.82) is 0 Å². The lowest BCUT2D eigenvalue weighted by Gasteiger charge is -2.14. The van der Waals surface area contributed by atoms with Crippen LogP contribution in [-0.2, 0) is 19.1 Å². The smallest absolute Gasteiger partial charge is 0.339 e. The zero-order valence-corrected chi connectivity index (χ0v) is 14.0. The zero-order chi connectivity index (χ0) is 17.1. The highest BCUT2D eigenvalue weighted by Gasteiger charge is 2.28. The van der Waals surface area contributed by atoms with Gasteiger partial charge in [-0.25, -0.2) is 9.59 Å². The van der Waals surface area contributed by atoms with Gasteiger partial charge in [-0.15, -0.1) is 0 Å². The van der Waals surface area contributed by atoms with Gasteiger partial charge < -0.3 is 9.47 Å². The second-order valence-electron chi connectivity index (χ2n) is 5.54. The van der Waals surface area contributed by atoms with Gasteiger partial charge in [-0.1, -0.05) is 35.5 Å². The Morgan fingerprint density at radius 2 is 1.43 bits per heavy atom. The van der Waals surface area contributed by atoms with Crippen molar-refractivity contribution in [3.63, 3.8) is 0 Å². The number of ether oxygens (including phenoxy) is 2. The number of rotatable bonds is 2. The topological polar surface area (TPSA) is 52.6 Å². The molecule has 0 radical (unpaired) electrons. The molecule has 0 fully saturated rings. The van der Waals surface area contributed by atoms with Crippen LogP contribution >= 0.6 is 0 Å². The Morgan fingerprint density at radius 3 is 2.04 bits per heavy atom. The van der Waals surface area contributed by atoms with Gasteiger partial charge in [0.05, 0.1) is 25.4 Å². The number of hydrogen-bond donors (Lipinski definition) is 0. The lowest BCUT2D eigenvalue weighted by Crippen LogP contribution is -2.15. The number of carbonyl (C=O) groups is 2. The van der Waals surface area contributed by atoms with Crippen molar-refractivity contribution in [1.82, 2.24) is 0 Å². The summed E-state index contributed by atoms with van der Waals surface area (Å²) in [6.45, 7) is 5.89. The first-order valence-corrected chi connectivity index (χ1v) is 7.28. The minimum absolute atomic E-state index is 0.195. The molecule has 120 valence electrons. The van der Waals surface area contributed by atoms with Gasteiger partial charge in [-0.3, -0.25) is 0 Å². The van der Waals surface area contributed by atoms with Gasteiger partial charge in [0, 0.05) is 0 Å². The first kappa shape index (κ1) is 16.7. The average molecular weight is 312 g/mol. The largest absolute Gasteiger partial charge is 0.465 e. The molecule has 2 aliphatic carbocycles. The first-order valence-electron chi connectivity index (χ1n) is 7.28. The molecule has 0 amide bonds. The molecule has 0 N–H and O–H groups in total. The van der Waals surface area contributed by atoms with Gasteiger partial charge in [0.2, 0.25) is 0 Å². The van der Waals surface area contributed by atoms with Gasteiger partial charge in [-0.05, 0) is 43.6 Å². The number of esters is 2. The molecule has 0 aromatic carbocycles. The lowest BCUT2D eigenvalue weighted by atomic mass is 9.92. The maximum atomic E-state index is 12.4. The summed E-state index contributed by atoms with van der Waals surface area (Å²) in [7, 11) is 2.59. The van der Waals surface area contributed by atoms with Crippen LogP contribution in [0.15, 0.2) is 69.4 Å². The van der Waals surface area contributed by atoms with E-state index in [0.717, 1.165) is 22.3 Å². The Bertz CT molecular complexity index is 752. The SMILES string of the molecule is COC(=O)C1=C(C(=O)OC)C2=CC(C)=CC(C)=CC2=C(C)C=C1. The van der Waals surface area contributed by atoms with Crippen molar-refractivity contribution in [2.75, 3.05) is 14.2 Å². The van der Waals surface area contributed by atoms with E-state index in [1.54, 1.807) is 6.08 Å². The molecule has 0 saturated carbocycles. The third kappa shape index (κ3) is 3.26. The summed E-state index contributed by atoms with van der Waals surface area (Å²) in [5.41, 5.74) is 5.00. The van der Waals surface area contributed by atoms with Crippen LogP contribution < -0.4 is 0 Å². The number of fused-ring (bicyclic) bond motifs is 1. The summed E-state index contributed by atoms with van der Waals surface area (Å²) in [6, 6.07) is 0. The van der Waals surface area contributed by atoms with Gasteiger partial charge in [0.25, 0.3) is 0 Å². The standard InChI is InChI=1S/C19H20O4/c1-11-8-12(2)10-16-15(9-11)13(3)6-7-14(18(20)22-4)17(16)19(21)23-5/h6-10H,1-5H3. The predicted octanol–water partition coefficient (Wildman–Crippen LogP) is 3.35. The van der Waals surface area contributed by atoms with E-state index in [1.807, 2.05) is 45.1 Å². The summed E-state index contributed by atoms with van der Waals surface area (Å²) < 4.78 is 9.75. The van der Waals surface area contributed by atoms with Gasteiger partial charge in [0.15, 0.2) is 0 Å². The minimum atomic E-state index is -0.566. The van der Waals surface area contributed by atoms with E-state index in [0.29, 0.717) is 5.57 Å². The summed E-state index contributed by atoms with van der Waals surface area (Å²) in [4.78, 5) is 24.5. The average Bonchev–Trinajstić information content (AvgIpc) is 2.74. The quantitative estimate of drug-likeness (QED) is 0.734. The molecule has 23 heavy (non-hydrogen) atoms. The van der Waals surface area contributed by atoms with Crippen molar-refractivity contribution in [2.24, 2.45) is 0 Å². The third-order valence-corrected chi connectivity index (χ3v) is 3.75. The maximum Gasteiger partial charge on any atom is 0.339 e. The summed E-state index contributed by atoms with van der Waals surface area (Å²) in [5, 5.41) is 0. The predicted molar refractivity (Wildman–Crippen MR) is 88.5 cm³/mol. The fraction of sp³-hybridized carbons (Fsp3) is 0.263. The van der Waals surface area contributed by atoms with Gasteiger partial charge in [-0.2, -0.15) is 0 Å². The highest BCUT2D eigenvalue weighted by Crippen LogP contribution is 2.34. The third-order valence-electron chi connectivity index (χ3n) is 3.75. The van der Waals surface area contributed by atoms with Crippen molar-refractivity contribution in [3.8, 4) is 0 Å². The Hall–Kier alpha value is -2.62. The fourth-order valence-electron chi connectivity index (χ4n) is 2.71. The molecule has 0 aromatic rings. The molecule has 2 rings (SSSR count). The van der Waals surface area contributed by atoms with E-state index < -0.39 is 11.9 Å². The van der Waals surface area contributed by atoms with E-state index in [1.165, 1.54) is 14.2 Å². The summed E-state index contributed by atoms with van der Waals surface area (Å²) in [5.74, 6) is -1.13. The first-order chi connectivity index (χ1) is 10.9. The molecule has 0 spiro atoms. The number of allylic oxidation sites excluding steroid dienone is 8. The summed E-state index contributed by atoms with van der Waals surface area (Å²) in [6.07, 6.45) is 9.35. The minimum Gasteiger partial charge on any atom is -0.465 e. The van der Waals surface area contributed by atoms with Crippen LogP contribution in [0.2, 0.25) is 0 Å². The molecule has 0 saturated heterocycles. The maximum absolute atomic E-state index is 12.4. The Labute approximate surface area is 136 Å². The fourth-order valence-corrected chi connectivity index (χ4v) is 2.71. The summed E-state index contributed by atoms with van der Waals surface area (Å²) >= 11 is 0. The molecule has 0 unspecified atom stereocenters. The Balaban J connectivity index is 2.84. The van der Waals surface area contributed by atoms with E-state index in [9.17, 15) is 9.59 Å². The molecule has 0 bridgehead atoms.